The molecule has 3 atom stereocenters. The molecule has 1 saturated carbocycles. The van der Waals surface area contributed by atoms with Crippen molar-refractivity contribution in [1.29, 1.82) is 0 Å². The monoisotopic (exact) mass is 396 g/mol. The third-order valence-corrected chi connectivity index (χ3v) is 5.84. The first-order chi connectivity index (χ1) is 13.5. The molecule has 4 nitrogen and oxygen atoms in total. The summed E-state index contributed by atoms with van der Waals surface area (Å²) in [6.07, 6.45) is 2.76. The van der Waals surface area contributed by atoms with E-state index in [9.17, 15) is 9.59 Å². The number of hydrogen-bond acceptors (Lipinski definition) is 4. The molecule has 144 valence electrons. The van der Waals surface area contributed by atoms with Gasteiger partial charge in [0.05, 0.1) is 23.3 Å². The molecule has 3 unspecified atom stereocenters. The first-order valence-electron chi connectivity index (χ1n) is 9.46. The Morgan fingerprint density at radius 1 is 1.11 bits per heavy atom. The van der Waals surface area contributed by atoms with Crippen molar-refractivity contribution in [2.45, 2.75) is 38.4 Å². The fraction of sp³-hybridized carbons (Fsp3) is 0.304. The Morgan fingerprint density at radius 3 is 2.64 bits per heavy atom. The summed E-state index contributed by atoms with van der Waals surface area (Å²) in [7, 11) is 0. The summed E-state index contributed by atoms with van der Waals surface area (Å²) in [6.45, 7) is 1.89. The van der Waals surface area contributed by atoms with Gasteiger partial charge in [0, 0.05) is 17.0 Å². The zero-order valence-corrected chi connectivity index (χ0v) is 16.3. The van der Waals surface area contributed by atoms with Crippen LogP contribution in [0.5, 0.6) is 0 Å². The molecule has 2 aromatic rings. The number of ether oxygens (including phenoxy) is 2. The summed E-state index contributed by atoms with van der Waals surface area (Å²) in [5.74, 6) is -0.506. The second-order valence-corrected chi connectivity index (χ2v) is 7.72. The fourth-order valence-electron chi connectivity index (χ4n) is 3.96. The summed E-state index contributed by atoms with van der Waals surface area (Å²) in [5.41, 5.74) is 2.67. The van der Waals surface area contributed by atoms with Crippen LogP contribution in [0.2, 0.25) is 5.02 Å². The van der Waals surface area contributed by atoms with E-state index < -0.39 is 0 Å². The molecule has 1 aliphatic carbocycles. The maximum atomic E-state index is 13.0. The molecule has 2 aromatic carbocycles. The number of hydrogen-bond donors (Lipinski definition) is 0. The van der Waals surface area contributed by atoms with Gasteiger partial charge in [0.2, 0.25) is 0 Å². The average Bonchev–Trinajstić information content (AvgIpc) is 2.69. The Labute approximate surface area is 169 Å². The zero-order chi connectivity index (χ0) is 19.7. The van der Waals surface area contributed by atoms with E-state index in [2.05, 4.69) is 0 Å². The minimum Gasteiger partial charge on any atom is -0.496 e. The van der Waals surface area contributed by atoms with E-state index in [1.54, 1.807) is 12.1 Å². The lowest BCUT2D eigenvalue weighted by atomic mass is 9.78. The van der Waals surface area contributed by atoms with Gasteiger partial charge in [-0.1, -0.05) is 48.0 Å². The second kappa shape index (κ2) is 7.80. The number of Topliss-reactive ketones (excluding diaryl/α,β-unsaturated/α-hetero) is 1. The number of benzene rings is 2. The number of carbonyl (C=O) groups is 2. The Hall–Kier alpha value is -2.59. The van der Waals surface area contributed by atoms with Crippen molar-refractivity contribution in [2.75, 3.05) is 0 Å². The van der Waals surface area contributed by atoms with Crippen LogP contribution in [0.4, 0.5) is 0 Å². The average molecular weight is 397 g/mol. The minimum atomic E-state index is -0.323. The van der Waals surface area contributed by atoms with E-state index in [1.807, 2.05) is 43.3 Å². The normalized spacial score (nSPS) is 24.0. The van der Waals surface area contributed by atoms with Crippen molar-refractivity contribution in [3.05, 3.63) is 76.5 Å². The molecule has 2 aliphatic rings. The van der Waals surface area contributed by atoms with Gasteiger partial charge in [0.15, 0.2) is 5.78 Å². The molecule has 0 radical (unpaired) electrons. The van der Waals surface area contributed by atoms with Crippen LogP contribution in [-0.4, -0.2) is 24.0 Å². The maximum Gasteiger partial charge on any atom is 0.338 e. The summed E-state index contributed by atoms with van der Waals surface area (Å²) >= 11 is 6.24. The van der Waals surface area contributed by atoms with Crippen LogP contribution in [0.3, 0.4) is 0 Å². The fourth-order valence-corrected chi connectivity index (χ4v) is 4.19. The number of esters is 1. The van der Waals surface area contributed by atoms with Crippen LogP contribution in [0.25, 0.3) is 5.57 Å². The lowest BCUT2D eigenvalue weighted by molar-refractivity contribution is -0.126. The van der Waals surface area contributed by atoms with Gasteiger partial charge < -0.3 is 9.47 Å². The van der Waals surface area contributed by atoms with E-state index >= 15 is 0 Å². The predicted octanol–water partition coefficient (Wildman–Crippen LogP) is 4.98. The molecule has 0 amide bonds. The highest BCUT2D eigenvalue weighted by Gasteiger charge is 2.41. The van der Waals surface area contributed by atoms with E-state index in [1.165, 1.54) is 6.26 Å². The molecule has 1 fully saturated rings. The van der Waals surface area contributed by atoms with Crippen LogP contribution in [0.15, 0.2) is 54.8 Å². The molecule has 1 aliphatic heterocycles. The topological polar surface area (TPSA) is 52.6 Å². The van der Waals surface area contributed by atoms with E-state index in [0.29, 0.717) is 41.0 Å². The summed E-state index contributed by atoms with van der Waals surface area (Å²) in [6, 6.07) is 14.6. The maximum absolute atomic E-state index is 13.0. The minimum absolute atomic E-state index is 0.0491. The van der Waals surface area contributed by atoms with Crippen molar-refractivity contribution < 1.29 is 19.1 Å². The lowest BCUT2D eigenvalue weighted by Crippen LogP contribution is -2.42. The van der Waals surface area contributed by atoms with Gasteiger partial charge in [0.1, 0.15) is 12.2 Å². The molecule has 28 heavy (non-hydrogen) atoms. The molecule has 4 rings (SSSR count). The van der Waals surface area contributed by atoms with Crippen LogP contribution in [-0.2, 0) is 14.3 Å². The molecule has 0 aromatic heterocycles. The van der Waals surface area contributed by atoms with Crippen molar-refractivity contribution >= 4 is 28.9 Å². The van der Waals surface area contributed by atoms with Gasteiger partial charge in [-0.05, 0) is 37.5 Å². The van der Waals surface area contributed by atoms with Crippen molar-refractivity contribution in [3.63, 3.8) is 0 Å². The first kappa shape index (κ1) is 18.8. The smallest absolute Gasteiger partial charge is 0.338 e. The van der Waals surface area contributed by atoms with Gasteiger partial charge in [0.25, 0.3) is 0 Å². The van der Waals surface area contributed by atoms with E-state index in [-0.39, 0.29) is 29.9 Å². The third-order valence-electron chi connectivity index (χ3n) is 5.51. The highest BCUT2D eigenvalue weighted by Crippen LogP contribution is 2.38. The van der Waals surface area contributed by atoms with Crippen LogP contribution >= 0.6 is 11.6 Å². The molecule has 5 heteroatoms. The largest absolute Gasteiger partial charge is 0.496 e. The molecule has 0 spiro atoms. The third kappa shape index (κ3) is 3.57. The quantitative estimate of drug-likeness (QED) is 0.686. The number of allylic oxidation sites excluding steroid dienone is 1. The van der Waals surface area contributed by atoms with Crippen molar-refractivity contribution in [2.24, 2.45) is 5.92 Å². The Balaban J connectivity index is 1.46. The van der Waals surface area contributed by atoms with Gasteiger partial charge in [-0.25, -0.2) is 4.79 Å². The van der Waals surface area contributed by atoms with Gasteiger partial charge in [-0.2, -0.15) is 0 Å². The summed E-state index contributed by atoms with van der Waals surface area (Å²) in [4.78, 5) is 25.5. The molecule has 0 N–H and O–H groups in total. The SMILES string of the molecule is Cc1ccccc1C(=O)OC1CCC2C(=O)C(c3ccccc3Cl)=COC2C1. The van der Waals surface area contributed by atoms with Gasteiger partial charge in [-0.15, -0.1) is 0 Å². The van der Waals surface area contributed by atoms with Crippen LogP contribution in [0, 0.1) is 12.8 Å². The van der Waals surface area contributed by atoms with Crippen LogP contribution in [0.1, 0.15) is 40.7 Å². The summed E-state index contributed by atoms with van der Waals surface area (Å²) < 4.78 is 11.6. The highest BCUT2D eigenvalue weighted by atomic mass is 35.5. The molecule has 1 heterocycles. The van der Waals surface area contributed by atoms with Gasteiger partial charge in [-0.3, -0.25) is 4.79 Å². The predicted molar refractivity (Wildman–Crippen MR) is 107 cm³/mol. The number of ketones is 1. The Bertz CT molecular complexity index is 949. The first-order valence-corrected chi connectivity index (χ1v) is 9.83. The Morgan fingerprint density at radius 2 is 1.86 bits per heavy atom. The zero-order valence-electron chi connectivity index (χ0n) is 15.6. The molecular weight excluding hydrogens is 376 g/mol. The summed E-state index contributed by atoms with van der Waals surface area (Å²) in [5, 5.41) is 0.532. The lowest BCUT2D eigenvalue weighted by Gasteiger charge is -2.37. The molecule has 0 saturated heterocycles. The van der Waals surface area contributed by atoms with E-state index in [0.717, 1.165) is 5.56 Å². The van der Waals surface area contributed by atoms with Crippen molar-refractivity contribution in [1.82, 2.24) is 0 Å². The number of halogens is 1. The highest BCUT2D eigenvalue weighted by molar-refractivity contribution is 6.35. The number of aryl methyl sites for hydroxylation is 1. The van der Waals surface area contributed by atoms with Crippen molar-refractivity contribution in [3.8, 4) is 0 Å². The number of rotatable bonds is 3. The standard InChI is InChI=1S/C23H21ClO4/c1-14-6-2-3-7-16(14)23(26)28-15-10-11-18-21(12-15)27-13-19(22(18)25)17-8-4-5-9-20(17)24/h2-9,13,15,18,21H,10-12H2,1H3. The van der Waals surface area contributed by atoms with E-state index in [4.69, 9.17) is 21.1 Å². The molecule has 0 bridgehead atoms. The number of fused-ring (bicyclic) bond motifs is 1. The Kier molecular flexibility index (Phi) is 5.23. The molecular formula is C23H21ClO4. The van der Waals surface area contributed by atoms with Crippen LogP contribution < -0.4 is 0 Å². The number of carbonyl (C=O) groups excluding carboxylic acids is 2. The second-order valence-electron chi connectivity index (χ2n) is 7.31. The van der Waals surface area contributed by atoms with Gasteiger partial charge >= 0.3 is 5.97 Å².